The highest BCUT2D eigenvalue weighted by atomic mass is 16.5. The normalized spacial score (nSPS) is 22.2. The number of para-hydroxylation sites is 2. The van der Waals surface area contributed by atoms with Crippen molar-refractivity contribution in [2.75, 3.05) is 26.4 Å². The Balaban J connectivity index is 0.000000134. The molecule has 6 heterocycles. The summed E-state index contributed by atoms with van der Waals surface area (Å²) in [5.41, 5.74) is 7.98. The summed E-state index contributed by atoms with van der Waals surface area (Å²) in [4.78, 5) is 56.5. The summed E-state index contributed by atoms with van der Waals surface area (Å²) < 4.78 is 21.2. The van der Waals surface area contributed by atoms with Crippen molar-refractivity contribution in [3.8, 4) is 11.4 Å². The van der Waals surface area contributed by atoms with Gasteiger partial charge < -0.3 is 9.47 Å². The van der Waals surface area contributed by atoms with Crippen molar-refractivity contribution >= 4 is 12.2 Å². The van der Waals surface area contributed by atoms with Gasteiger partial charge in [0.1, 0.15) is 23.2 Å². The fourth-order valence-corrected chi connectivity index (χ4v) is 11.7. The average molecular weight is 895 g/mol. The van der Waals surface area contributed by atoms with E-state index >= 15 is 0 Å². The zero-order valence-corrected chi connectivity index (χ0v) is 36.6. The first-order valence-electron chi connectivity index (χ1n) is 22.8. The fraction of sp³-hybridized carbons (Fsp3) is 0.143. The lowest BCUT2D eigenvalue weighted by Gasteiger charge is -2.40. The lowest BCUT2D eigenvalue weighted by Crippen LogP contribution is -2.50. The standard InChI is InChI=1S/2C28H21N3O3/c2*32-26-29(21-12-5-2-6-13-21)27(33)31-28(16-15-19-9-7-8-14-23(19)28)24-18-34-17-22(24)25(30(26)31)20-10-3-1-4-11-20/h2*1-16,25H,17-18H2/t2*25-,28+/m10/s1. The van der Waals surface area contributed by atoms with Gasteiger partial charge >= 0.3 is 22.8 Å². The second-order valence-corrected chi connectivity index (χ2v) is 17.8. The van der Waals surface area contributed by atoms with Crippen LogP contribution in [0.3, 0.4) is 0 Å². The maximum absolute atomic E-state index is 14.2. The minimum atomic E-state index is -0.899. The molecule has 0 saturated carbocycles. The number of ether oxygens (including phenoxy) is 2. The van der Waals surface area contributed by atoms with Gasteiger partial charge in [-0.25, -0.2) is 47.0 Å². The Morgan fingerprint density at radius 2 is 0.750 bits per heavy atom. The van der Waals surface area contributed by atoms with Crippen LogP contribution in [-0.2, 0) is 20.6 Å². The molecule has 68 heavy (non-hydrogen) atoms. The molecule has 12 heteroatoms. The van der Waals surface area contributed by atoms with E-state index in [1.807, 2.05) is 158 Å². The molecular formula is C56H42N6O6. The predicted molar refractivity (Wildman–Crippen MR) is 259 cm³/mol. The van der Waals surface area contributed by atoms with Crippen molar-refractivity contribution in [3.05, 3.63) is 280 Å². The Morgan fingerprint density at radius 1 is 0.397 bits per heavy atom. The van der Waals surface area contributed by atoms with Gasteiger partial charge in [0.05, 0.1) is 37.8 Å². The molecule has 6 aliphatic rings. The molecule has 0 radical (unpaired) electrons. The largest absolute Gasteiger partial charge is 0.373 e. The number of hydrogen-bond donors (Lipinski definition) is 0. The first kappa shape index (κ1) is 40.0. The van der Waals surface area contributed by atoms with Gasteiger partial charge in [0.25, 0.3) is 0 Å². The molecule has 2 aromatic heterocycles. The van der Waals surface area contributed by atoms with Crippen LogP contribution in [0.2, 0.25) is 0 Å². The van der Waals surface area contributed by atoms with E-state index in [-0.39, 0.29) is 22.8 Å². The van der Waals surface area contributed by atoms with E-state index < -0.39 is 23.2 Å². The summed E-state index contributed by atoms with van der Waals surface area (Å²) in [6, 6.07) is 53.3. The van der Waals surface area contributed by atoms with Crippen molar-refractivity contribution in [2.45, 2.75) is 23.2 Å². The van der Waals surface area contributed by atoms with Crippen molar-refractivity contribution < 1.29 is 9.47 Å². The van der Waals surface area contributed by atoms with Crippen LogP contribution in [0, 0.1) is 0 Å². The van der Waals surface area contributed by atoms with E-state index in [1.54, 1.807) is 43.0 Å². The van der Waals surface area contributed by atoms with E-state index in [1.165, 1.54) is 9.13 Å². The summed E-state index contributed by atoms with van der Waals surface area (Å²) in [7, 11) is 0. The highest BCUT2D eigenvalue weighted by molar-refractivity contribution is 5.71. The maximum atomic E-state index is 14.2. The summed E-state index contributed by atoms with van der Waals surface area (Å²) in [6.45, 7) is 1.66. The molecule has 0 N–H and O–H groups in total. The molecule has 14 rings (SSSR count). The zero-order valence-electron chi connectivity index (χ0n) is 36.6. The summed E-state index contributed by atoms with van der Waals surface area (Å²) in [5.74, 6) is 0. The first-order chi connectivity index (χ1) is 33.4. The Kier molecular flexibility index (Phi) is 8.89. The highest BCUT2D eigenvalue weighted by Crippen LogP contribution is 2.52. The minimum Gasteiger partial charge on any atom is -0.373 e. The number of fused-ring (bicyclic) bond motifs is 10. The van der Waals surface area contributed by atoms with E-state index in [0.717, 1.165) is 55.7 Å². The van der Waals surface area contributed by atoms with Crippen molar-refractivity contribution in [1.82, 2.24) is 27.9 Å². The van der Waals surface area contributed by atoms with Gasteiger partial charge in [0.2, 0.25) is 0 Å². The highest BCUT2D eigenvalue weighted by Gasteiger charge is 2.54. The molecular weight excluding hydrogens is 853 g/mol. The monoisotopic (exact) mass is 894 g/mol. The van der Waals surface area contributed by atoms with Crippen molar-refractivity contribution in [1.29, 1.82) is 0 Å². The summed E-state index contributed by atoms with van der Waals surface area (Å²) in [5, 5.41) is 0. The third kappa shape index (κ3) is 5.37. The van der Waals surface area contributed by atoms with E-state index in [9.17, 15) is 19.2 Å². The van der Waals surface area contributed by atoms with Crippen LogP contribution in [-0.4, -0.2) is 54.3 Å². The van der Waals surface area contributed by atoms with Crippen LogP contribution in [0.4, 0.5) is 0 Å². The van der Waals surface area contributed by atoms with Crippen LogP contribution in [0.25, 0.3) is 23.5 Å². The Hall–Kier alpha value is -8.32. The Labute approximate surface area is 388 Å². The number of rotatable bonds is 4. The van der Waals surface area contributed by atoms with Gasteiger partial charge in [0.15, 0.2) is 0 Å². The molecule has 2 aliphatic carbocycles. The molecule has 0 unspecified atom stereocenters. The molecule has 0 saturated heterocycles. The molecule has 12 nitrogen and oxygen atoms in total. The fourth-order valence-electron chi connectivity index (χ4n) is 11.7. The molecule has 8 aromatic rings. The molecule has 4 aliphatic heterocycles. The molecule has 0 fully saturated rings. The van der Waals surface area contributed by atoms with Crippen LogP contribution in [0.15, 0.2) is 223 Å². The molecule has 4 atom stereocenters. The van der Waals surface area contributed by atoms with Gasteiger partial charge in [-0.2, -0.15) is 0 Å². The third-order valence-corrected chi connectivity index (χ3v) is 14.5. The number of allylic oxidation sites excluding steroid dienone is 2. The molecule has 332 valence electrons. The van der Waals surface area contributed by atoms with E-state index in [2.05, 4.69) is 12.2 Å². The van der Waals surface area contributed by atoms with Crippen LogP contribution in [0.1, 0.15) is 45.5 Å². The number of hydrogen-bond acceptors (Lipinski definition) is 6. The van der Waals surface area contributed by atoms with Crippen LogP contribution in [0.5, 0.6) is 0 Å². The van der Waals surface area contributed by atoms with Crippen molar-refractivity contribution in [2.24, 2.45) is 0 Å². The quantitative estimate of drug-likeness (QED) is 0.176. The van der Waals surface area contributed by atoms with Gasteiger partial charge in [-0.1, -0.05) is 158 Å². The van der Waals surface area contributed by atoms with Gasteiger partial charge in [0, 0.05) is 0 Å². The third-order valence-electron chi connectivity index (χ3n) is 14.5. The number of benzene rings is 6. The van der Waals surface area contributed by atoms with Gasteiger partial charge in [-0.3, -0.25) is 0 Å². The van der Waals surface area contributed by atoms with Crippen LogP contribution < -0.4 is 22.8 Å². The van der Waals surface area contributed by atoms with Crippen LogP contribution >= 0.6 is 0 Å². The maximum Gasteiger partial charge on any atom is 0.353 e. The predicted octanol–water partition coefficient (Wildman–Crippen LogP) is 7.00. The smallest absolute Gasteiger partial charge is 0.353 e. The lowest BCUT2D eigenvalue weighted by atomic mass is 9.79. The summed E-state index contributed by atoms with van der Waals surface area (Å²) >= 11 is 0. The first-order valence-corrected chi connectivity index (χ1v) is 22.8. The van der Waals surface area contributed by atoms with Crippen molar-refractivity contribution in [3.63, 3.8) is 0 Å². The number of aromatic nitrogens is 6. The van der Waals surface area contributed by atoms with E-state index in [4.69, 9.17) is 9.47 Å². The SMILES string of the molecule is O=c1n(-c2ccccc2)c(=O)n2n1[C@@H](c1ccccc1)C1=C(COC1)[C@]21C=Cc2ccccc21.O=c1n(-c2ccccc2)c(=O)n2n1[C@H](c1ccccc1)C1=C(COC1)[C@@]21C=Cc2ccccc21. The minimum absolute atomic E-state index is 0.361. The molecule has 0 bridgehead atoms. The van der Waals surface area contributed by atoms with Gasteiger partial charge in [-0.05, 0) is 92.1 Å². The second kappa shape index (κ2) is 15.1. The van der Waals surface area contributed by atoms with Gasteiger partial charge in [-0.15, -0.1) is 0 Å². The summed E-state index contributed by atoms with van der Waals surface area (Å²) in [6.07, 6.45) is 8.19. The average Bonchev–Trinajstić information content (AvgIpc) is 4.27. The lowest BCUT2D eigenvalue weighted by molar-refractivity contribution is 0.198. The second-order valence-electron chi connectivity index (χ2n) is 17.8. The molecule has 2 spiro atoms. The molecule has 0 amide bonds. The molecule has 6 aromatic carbocycles. The Bertz CT molecular complexity index is 3490. The number of nitrogens with zero attached hydrogens (tertiary/aromatic N) is 6. The van der Waals surface area contributed by atoms with E-state index in [0.29, 0.717) is 37.8 Å². The topological polar surface area (TPSA) is 116 Å². The zero-order chi connectivity index (χ0) is 45.7. The Morgan fingerprint density at radius 3 is 1.15 bits per heavy atom.